The van der Waals surface area contributed by atoms with E-state index in [2.05, 4.69) is 19.1 Å². The first kappa shape index (κ1) is 14.4. The molecule has 0 aromatic heterocycles. The van der Waals surface area contributed by atoms with Crippen LogP contribution >= 0.6 is 0 Å². The Morgan fingerprint density at radius 3 is 2.91 bits per heavy atom. The highest BCUT2D eigenvalue weighted by atomic mass is 16.5. The molecule has 2 heteroatoms. The van der Waals surface area contributed by atoms with Gasteiger partial charge in [0.05, 0.1) is 12.3 Å². The molecule has 0 heterocycles. The lowest BCUT2D eigenvalue weighted by Crippen LogP contribution is -2.39. The Hall–Kier alpha value is -1.18. The molecular weight excluding hydrogens is 270 g/mol. The van der Waals surface area contributed by atoms with Crippen LogP contribution in [0, 0.1) is 17.3 Å². The van der Waals surface area contributed by atoms with E-state index < -0.39 is 0 Å². The summed E-state index contributed by atoms with van der Waals surface area (Å²) in [6.45, 7) is 5.29. The third-order valence-electron chi connectivity index (χ3n) is 6.94. The van der Waals surface area contributed by atoms with Crippen LogP contribution in [0.15, 0.2) is 12.1 Å². The van der Waals surface area contributed by atoms with Crippen molar-refractivity contribution >= 4 is 5.69 Å². The van der Waals surface area contributed by atoms with Crippen LogP contribution in [0.1, 0.15) is 69.4 Å². The van der Waals surface area contributed by atoms with E-state index in [1.54, 1.807) is 5.56 Å². The lowest BCUT2D eigenvalue weighted by atomic mass is 9.56. The predicted molar refractivity (Wildman–Crippen MR) is 91.3 cm³/mol. The van der Waals surface area contributed by atoms with Crippen molar-refractivity contribution in [1.82, 2.24) is 0 Å². The van der Waals surface area contributed by atoms with Crippen molar-refractivity contribution in [3.63, 3.8) is 0 Å². The Morgan fingerprint density at radius 1 is 1.23 bits per heavy atom. The number of ether oxygens (including phenoxy) is 1. The number of aryl methyl sites for hydroxylation is 1. The molecule has 4 rings (SSSR count). The van der Waals surface area contributed by atoms with E-state index in [1.165, 1.54) is 50.5 Å². The van der Waals surface area contributed by atoms with Crippen LogP contribution in [0.4, 0.5) is 5.69 Å². The van der Waals surface area contributed by atoms with Crippen molar-refractivity contribution in [2.45, 2.75) is 64.7 Å². The van der Waals surface area contributed by atoms with Crippen LogP contribution in [-0.4, -0.2) is 6.61 Å². The Bertz CT molecular complexity index is 581. The number of nitrogens with two attached hydrogens (primary N) is 1. The largest absolute Gasteiger partial charge is 0.492 e. The number of fused-ring (bicyclic) bond motifs is 5. The molecule has 0 saturated heterocycles. The second-order valence-electron chi connectivity index (χ2n) is 8.02. The normalized spacial score (nSPS) is 36.4. The van der Waals surface area contributed by atoms with Gasteiger partial charge in [-0.05, 0) is 91.9 Å². The van der Waals surface area contributed by atoms with Gasteiger partial charge in [0.1, 0.15) is 5.75 Å². The summed E-state index contributed by atoms with van der Waals surface area (Å²) in [6.07, 6.45) is 9.71. The molecule has 2 nitrogen and oxygen atoms in total. The van der Waals surface area contributed by atoms with Crippen molar-refractivity contribution < 1.29 is 4.74 Å². The van der Waals surface area contributed by atoms with Crippen LogP contribution in [0.2, 0.25) is 0 Å². The topological polar surface area (TPSA) is 35.2 Å². The standard InChI is InChI=1S/C20H29NO/c1-3-22-19-12-16-13(11-18(19)21)6-7-15-14(16)8-10-20(2)9-4-5-17(15)20/h11-12,14-15,17H,3-10,21H2,1-2H3. The number of hydrogen-bond donors (Lipinski definition) is 1. The minimum absolute atomic E-state index is 0.634. The SMILES string of the molecule is CCOc1cc2c(cc1N)CCC1C2CCC2(C)CCCC12. The first-order valence-electron chi connectivity index (χ1n) is 9.17. The van der Waals surface area contributed by atoms with Gasteiger partial charge in [0.15, 0.2) is 0 Å². The molecule has 1 aromatic carbocycles. The molecule has 22 heavy (non-hydrogen) atoms. The van der Waals surface area contributed by atoms with Gasteiger partial charge in [-0.15, -0.1) is 0 Å². The fourth-order valence-electron chi connectivity index (χ4n) is 5.89. The number of benzene rings is 1. The average Bonchev–Trinajstić information content (AvgIpc) is 2.90. The van der Waals surface area contributed by atoms with Gasteiger partial charge in [0.2, 0.25) is 0 Å². The molecule has 0 radical (unpaired) electrons. The second-order valence-corrected chi connectivity index (χ2v) is 8.02. The third kappa shape index (κ3) is 2.06. The quantitative estimate of drug-likeness (QED) is 0.787. The monoisotopic (exact) mass is 299 g/mol. The number of anilines is 1. The van der Waals surface area contributed by atoms with E-state index in [9.17, 15) is 0 Å². The zero-order valence-electron chi connectivity index (χ0n) is 14.0. The van der Waals surface area contributed by atoms with Gasteiger partial charge in [-0.25, -0.2) is 0 Å². The Kier molecular flexibility index (Phi) is 3.39. The van der Waals surface area contributed by atoms with Gasteiger partial charge < -0.3 is 10.5 Å². The van der Waals surface area contributed by atoms with Crippen LogP contribution < -0.4 is 10.5 Å². The van der Waals surface area contributed by atoms with Crippen molar-refractivity contribution in [2.24, 2.45) is 17.3 Å². The molecule has 2 fully saturated rings. The molecule has 2 N–H and O–H groups in total. The highest BCUT2D eigenvalue weighted by Crippen LogP contribution is 2.61. The summed E-state index contributed by atoms with van der Waals surface area (Å²) in [5.41, 5.74) is 10.7. The maximum Gasteiger partial charge on any atom is 0.142 e. The van der Waals surface area contributed by atoms with Gasteiger partial charge >= 0.3 is 0 Å². The minimum Gasteiger partial charge on any atom is -0.492 e. The van der Waals surface area contributed by atoms with Crippen molar-refractivity contribution in [1.29, 1.82) is 0 Å². The number of rotatable bonds is 2. The Labute approximate surface area is 134 Å². The van der Waals surface area contributed by atoms with Gasteiger partial charge in [-0.1, -0.05) is 13.3 Å². The molecule has 3 aliphatic rings. The maximum absolute atomic E-state index is 6.18. The molecule has 2 saturated carbocycles. The summed E-state index contributed by atoms with van der Waals surface area (Å²) in [5.74, 6) is 3.50. The molecule has 0 bridgehead atoms. The van der Waals surface area contributed by atoms with E-state index in [-0.39, 0.29) is 0 Å². The van der Waals surface area contributed by atoms with E-state index in [1.807, 2.05) is 6.92 Å². The summed E-state index contributed by atoms with van der Waals surface area (Å²) < 4.78 is 5.76. The number of nitrogen functional groups attached to an aromatic ring is 1. The number of hydrogen-bond acceptors (Lipinski definition) is 2. The third-order valence-corrected chi connectivity index (χ3v) is 6.94. The molecule has 3 aliphatic carbocycles. The Balaban J connectivity index is 1.71. The van der Waals surface area contributed by atoms with E-state index in [4.69, 9.17) is 10.5 Å². The molecule has 120 valence electrons. The van der Waals surface area contributed by atoms with E-state index in [0.29, 0.717) is 12.0 Å². The fourth-order valence-corrected chi connectivity index (χ4v) is 5.89. The average molecular weight is 299 g/mol. The Morgan fingerprint density at radius 2 is 2.09 bits per heavy atom. The van der Waals surface area contributed by atoms with Crippen LogP contribution in [0.5, 0.6) is 5.75 Å². The molecule has 4 atom stereocenters. The molecule has 0 spiro atoms. The second kappa shape index (κ2) is 5.18. The lowest BCUT2D eigenvalue weighted by molar-refractivity contribution is 0.0598. The highest BCUT2D eigenvalue weighted by Gasteiger charge is 2.50. The van der Waals surface area contributed by atoms with E-state index in [0.717, 1.165) is 29.2 Å². The summed E-state index contributed by atoms with van der Waals surface area (Å²) in [6, 6.07) is 4.47. The smallest absolute Gasteiger partial charge is 0.142 e. The molecule has 4 unspecified atom stereocenters. The molecule has 0 amide bonds. The first-order chi connectivity index (χ1) is 10.6. The summed E-state index contributed by atoms with van der Waals surface area (Å²) in [5, 5.41) is 0. The minimum atomic E-state index is 0.634. The lowest BCUT2D eigenvalue weighted by Gasteiger charge is -2.49. The highest BCUT2D eigenvalue weighted by molar-refractivity contribution is 5.58. The predicted octanol–water partition coefficient (Wildman–Crippen LogP) is 4.91. The van der Waals surface area contributed by atoms with Crippen LogP contribution in [-0.2, 0) is 6.42 Å². The van der Waals surface area contributed by atoms with Gasteiger partial charge in [-0.2, -0.15) is 0 Å². The molecule has 1 aromatic rings. The first-order valence-corrected chi connectivity index (χ1v) is 9.17. The maximum atomic E-state index is 6.18. The van der Waals surface area contributed by atoms with Crippen molar-refractivity contribution in [2.75, 3.05) is 12.3 Å². The summed E-state index contributed by atoms with van der Waals surface area (Å²) in [4.78, 5) is 0. The van der Waals surface area contributed by atoms with Crippen LogP contribution in [0.25, 0.3) is 0 Å². The van der Waals surface area contributed by atoms with Crippen molar-refractivity contribution in [3.8, 4) is 5.75 Å². The fraction of sp³-hybridized carbons (Fsp3) is 0.700. The van der Waals surface area contributed by atoms with Crippen molar-refractivity contribution in [3.05, 3.63) is 23.3 Å². The van der Waals surface area contributed by atoms with Gasteiger partial charge in [-0.3, -0.25) is 0 Å². The summed E-state index contributed by atoms with van der Waals surface area (Å²) in [7, 11) is 0. The molecule has 0 aliphatic heterocycles. The van der Waals surface area contributed by atoms with E-state index >= 15 is 0 Å². The summed E-state index contributed by atoms with van der Waals surface area (Å²) >= 11 is 0. The molecular formula is C20H29NO. The zero-order chi connectivity index (χ0) is 15.3. The van der Waals surface area contributed by atoms with Crippen LogP contribution in [0.3, 0.4) is 0 Å². The van der Waals surface area contributed by atoms with Gasteiger partial charge in [0, 0.05) is 0 Å². The van der Waals surface area contributed by atoms with Gasteiger partial charge in [0.25, 0.3) is 0 Å². The zero-order valence-corrected chi connectivity index (χ0v) is 14.0.